The van der Waals surface area contributed by atoms with E-state index in [0.717, 1.165) is 10.5 Å². The molecule has 0 aliphatic heterocycles. The number of hydrogen-bond donors (Lipinski definition) is 2. The molecule has 0 saturated carbocycles. The summed E-state index contributed by atoms with van der Waals surface area (Å²) in [5, 5.41) is 16.3. The van der Waals surface area contributed by atoms with Gasteiger partial charge in [-0.25, -0.2) is 4.98 Å². The molecular formula is C16H15BrClN5O4. The van der Waals surface area contributed by atoms with Crippen molar-refractivity contribution >= 4 is 56.5 Å². The van der Waals surface area contributed by atoms with Crippen LogP contribution < -0.4 is 10.6 Å². The molecule has 0 aliphatic rings. The Morgan fingerprint density at radius 3 is 2.48 bits per heavy atom. The molecule has 1 aromatic carbocycles. The van der Waals surface area contributed by atoms with Gasteiger partial charge in [-0.05, 0) is 47.2 Å². The first-order chi connectivity index (χ1) is 12.7. The number of likely N-dealkylation sites (N-methyl/N-ethyl adjacent to an activating group) is 1. The number of halogens is 2. The third kappa shape index (κ3) is 6.59. The maximum Gasteiger partial charge on any atom is 0.294 e. The molecule has 0 unspecified atom stereocenters. The molecule has 0 saturated heterocycles. The van der Waals surface area contributed by atoms with E-state index in [4.69, 9.17) is 11.6 Å². The van der Waals surface area contributed by atoms with Crippen LogP contribution in [0.25, 0.3) is 0 Å². The number of carbonyl (C=O) groups is 2. The third-order valence-electron chi connectivity index (χ3n) is 3.25. The number of anilines is 2. The summed E-state index contributed by atoms with van der Waals surface area (Å²) in [5.74, 6) is -0.465. The van der Waals surface area contributed by atoms with E-state index in [1.807, 2.05) is 0 Å². The average molecular weight is 457 g/mol. The Bertz CT molecular complexity index is 862. The Morgan fingerprint density at radius 1 is 1.22 bits per heavy atom. The lowest BCUT2D eigenvalue weighted by Gasteiger charge is -2.16. The normalized spacial score (nSPS) is 10.5. The van der Waals surface area contributed by atoms with Gasteiger partial charge in [0.05, 0.1) is 18.0 Å². The van der Waals surface area contributed by atoms with Crippen molar-refractivity contribution in [3.05, 3.63) is 56.1 Å². The Balaban J connectivity index is 1.89. The van der Waals surface area contributed by atoms with Gasteiger partial charge in [-0.15, -0.1) is 0 Å². The van der Waals surface area contributed by atoms with Crippen molar-refractivity contribution in [2.75, 3.05) is 30.8 Å². The number of pyridine rings is 1. The van der Waals surface area contributed by atoms with E-state index < -0.39 is 10.8 Å². The van der Waals surface area contributed by atoms with Gasteiger partial charge in [0.25, 0.3) is 5.69 Å². The van der Waals surface area contributed by atoms with E-state index in [1.165, 1.54) is 17.0 Å². The van der Waals surface area contributed by atoms with Crippen LogP contribution in [0.2, 0.25) is 5.02 Å². The van der Waals surface area contributed by atoms with Crippen LogP contribution in [0.3, 0.4) is 0 Å². The first-order valence-electron chi connectivity index (χ1n) is 7.58. The molecule has 0 aliphatic carbocycles. The van der Waals surface area contributed by atoms with Gasteiger partial charge in [0, 0.05) is 21.8 Å². The molecule has 0 bridgehead atoms. The molecule has 9 nitrogen and oxygen atoms in total. The molecule has 2 rings (SSSR count). The van der Waals surface area contributed by atoms with E-state index in [1.54, 1.807) is 25.4 Å². The van der Waals surface area contributed by atoms with Crippen molar-refractivity contribution in [3.63, 3.8) is 0 Å². The molecule has 2 aromatic rings. The van der Waals surface area contributed by atoms with E-state index >= 15 is 0 Å². The molecule has 1 heterocycles. The fourth-order valence-electron chi connectivity index (χ4n) is 2.13. The van der Waals surface area contributed by atoms with E-state index in [0.29, 0.717) is 5.82 Å². The minimum absolute atomic E-state index is 0.0336. The van der Waals surface area contributed by atoms with Crippen molar-refractivity contribution in [1.29, 1.82) is 0 Å². The van der Waals surface area contributed by atoms with Crippen LogP contribution >= 0.6 is 27.5 Å². The molecule has 142 valence electrons. The van der Waals surface area contributed by atoms with Gasteiger partial charge in [-0.3, -0.25) is 24.6 Å². The van der Waals surface area contributed by atoms with E-state index in [9.17, 15) is 19.7 Å². The maximum atomic E-state index is 12.1. The Hall–Kier alpha value is -2.56. The second-order valence-corrected chi connectivity index (χ2v) is 6.90. The van der Waals surface area contributed by atoms with Crippen molar-refractivity contribution in [2.24, 2.45) is 0 Å². The molecule has 2 N–H and O–H groups in total. The van der Waals surface area contributed by atoms with E-state index in [-0.39, 0.29) is 35.4 Å². The monoisotopic (exact) mass is 455 g/mol. The van der Waals surface area contributed by atoms with Gasteiger partial charge in [0.2, 0.25) is 11.8 Å². The Morgan fingerprint density at radius 2 is 1.89 bits per heavy atom. The van der Waals surface area contributed by atoms with Crippen LogP contribution in [0.15, 0.2) is 41.0 Å². The highest BCUT2D eigenvalue weighted by Gasteiger charge is 2.18. The maximum absolute atomic E-state index is 12.1. The van der Waals surface area contributed by atoms with Gasteiger partial charge in [0.15, 0.2) is 0 Å². The lowest BCUT2D eigenvalue weighted by Crippen LogP contribution is -2.36. The number of nitro groups is 1. The minimum atomic E-state index is -0.635. The van der Waals surface area contributed by atoms with Crippen LogP contribution in [0, 0.1) is 10.1 Å². The third-order valence-corrected chi connectivity index (χ3v) is 3.96. The number of aromatic nitrogens is 1. The highest BCUT2D eigenvalue weighted by atomic mass is 79.9. The lowest BCUT2D eigenvalue weighted by atomic mass is 10.2. The van der Waals surface area contributed by atoms with Crippen LogP contribution in [0.5, 0.6) is 0 Å². The standard InChI is InChI=1S/C16H15BrClN5O4/c1-22(9-16(25)21-14-5-2-10(17)7-19-14)8-15(24)20-12-4-3-11(18)6-13(12)23(26)27/h2-7H,8-9H2,1H3,(H,20,24)(H,19,21,25). The van der Waals surface area contributed by atoms with Gasteiger partial charge < -0.3 is 10.6 Å². The average Bonchev–Trinajstić information content (AvgIpc) is 2.58. The Labute approximate surface area is 168 Å². The highest BCUT2D eigenvalue weighted by molar-refractivity contribution is 9.10. The number of hydrogen-bond acceptors (Lipinski definition) is 6. The van der Waals surface area contributed by atoms with Crippen molar-refractivity contribution in [3.8, 4) is 0 Å². The fourth-order valence-corrected chi connectivity index (χ4v) is 2.53. The highest BCUT2D eigenvalue weighted by Crippen LogP contribution is 2.27. The number of carbonyl (C=O) groups excluding carboxylic acids is 2. The summed E-state index contributed by atoms with van der Waals surface area (Å²) >= 11 is 8.98. The first-order valence-corrected chi connectivity index (χ1v) is 8.75. The molecule has 1 aromatic heterocycles. The zero-order chi connectivity index (χ0) is 20.0. The molecule has 11 heteroatoms. The number of benzene rings is 1. The summed E-state index contributed by atoms with van der Waals surface area (Å²) < 4.78 is 0.783. The van der Waals surface area contributed by atoms with Crippen molar-refractivity contribution in [2.45, 2.75) is 0 Å². The smallest absolute Gasteiger partial charge is 0.294 e. The molecule has 27 heavy (non-hydrogen) atoms. The molecule has 2 amide bonds. The Kier molecular flexibility index (Phi) is 7.22. The molecular weight excluding hydrogens is 442 g/mol. The molecule has 0 fully saturated rings. The van der Waals surface area contributed by atoms with Crippen LogP contribution in [0.4, 0.5) is 17.2 Å². The predicted molar refractivity (Wildman–Crippen MR) is 105 cm³/mol. The summed E-state index contributed by atoms with van der Waals surface area (Å²) in [5.41, 5.74) is -0.274. The SMILES string of the molecule is CN(CC(=O)Nc1ccc(Br)cn1)CC(=O)Nc1ccc(Cl)cc1[N+](=O)[O-]. The van der Waals surface area contributed by atoms with Crippen LogP contribution in [-0.4, -0.2) is 46.8 Å². The number of nitrogens with zero attached hydrogens (tertiary/aromatic N) is 3. The molecule has 0 radical (unpaired) electrons. The number of nitro benzene ring substituents is 1. The lowest BCUT2D eigenvalue weighted by molar-refractivity contribution is -0.383. The second-order valence-electron chi connectivity index (χ2n) is 5.55. The topological polar surface area (TPSA) is 117 Å². The minimum Gasteiger partial charge on any atom is -0.319 e. The first kappa shape index (κ1) is 20.7. The second kappa shape index (κ2) is 9.40. The summed E-state index contributed by atoms with van der Waals surface area (Å²) in [7, 11) is 1.57. The largest absolute Gasteiger partial charge is 0.319 e. The van der Waals surface area contributed by atoms with Gasteiger partial charge in [0.1, 0.15) is 11.5 Å². The number of rotatable bonds is 7. The number of nitrogens with one attached hydrogen (secondary N) is 2. The predicted octanol–water partition coefficient (Wildman–Crippen LogP) is 2.91. The summed E-state index contributed by atoms with van der Waals surface area (Å²) in [6.45, 7) is -0.200. The summed E-state index contributed by atoms with van der Waals surface area (Å²) in [6, 6.07) is 7.31. The quantitative estimate of drug-likeness (QED) is 0.489. The zero-order valence-corrected chi connectivity index (χ0v) is 16.5. The number of amides is 2. The summed E-state index contributed by atoms with van der Waals surface area (Å²) in [4.78, 5) is 40.0. The van der Waals surface area contributed by atoms with Gasteiger partial charge >= 0.3 is 0 Å². The van der Waals surface area contributed by atoms with Crippen molar-refractivity contribution in [1.82, 2.24) is 9.88 Å². The van der Waals surface area contributed by atoms with Crippen molar-refractivity contribution < 1.29 is 14.5 Å². The molecule has 0 spiro atoms. The fraction of sp³-hybridized carbons (Fsp3) is 0.188. The van der Waals surface area contributed by atoms with E-state index in [2.05, 4.69) is 31.5 Å². The van der Waals surface area contributed by atoms with Crippen LogP contribution in [-0.2, 0) is 9.59 Å². The van der Waals surface area contributed by atoms with Crippen LogP contribution in [0.1, 0.15) is 0 Å². The van der Waals surface area contributed by atoms with Gasteiger partial charge in [-0.1, -0.05) is 11.6 Å². The zero-order valence-electron chi connectivity index (χ0n) is 14.1. The molecule has 0 atom stereocenters. The summed E-state index contributed by atoms with van der Waals surface area (Å²) in [6.07, 6.45) is 1.55. The van der Waals surface area contributed by atoms with Gasteiger partial charge in [-0.2, -0.15) is 0 Å².